The molecule has 2 aliphatic heterocycles. The number of carbonyl (C=O) groups excluding carboxylic acids is 1. The zero-order chi connectivity index (χ0) is 24.6. The number of nitrogens with zero attached hydrogens (tertiary/aromatic N) is 3. The molecule has 2 aromatic carbocycles. The van der Waals surface area contributed by atoms with Gasteiger partial charge in [-0.1, -0.05) is 43.2 Å². The van der Waals surface area contributed by atoms with Gasteiger partial charge in [0.25, 0.3) is 0 Å². The van der Waals surface area contributed by atoms with Crippen LogP contribution in [0.25, 0.3) is 0 Å². The van der Waals surface area contributed by atoms with Crippen molar-refractivity contribution in [1.29, 1.82) is 0 Å². The van der Waals surface area contributed by atoms with Crippen LogP contribution in [0.3, 0.4) is 0 Å². The zero-order valence-corrected chi connectivity index (χ0v) is 21.6. The van der Waals surface area contributed by atoms with Gasteiger partial charge in [0.05, 0.1) is 5.60 Å². The second kappa shape index (κ2) is 9.94. The van der Waals surface area contributed by atoms with Gasteiger partial charge in [0, 0.05) is 49.0 Å². The van der Waals surface area contributed by atoms with Crippen molar-refractivity contribution >= 4 is 17.3 Å². The predicted octanol–water partition coefficient (Wildman–Crippen LogP) is 4.96. The van der Waals surface area contributed by atoms with Crippen molar-refractivity contribution in [1.82, 2.24) is 4.90 Å². The largest absolute Gasteiger partial charge is 0.385 e. The van der Waals surface area contributed by atoms with Crippen LogP contribution in [-0.4, -0.2) is 54.7 Å². The third-order valence-corrected chi connectivity index (χ3v) is 8.85. The lowest BCUT2D eigenvalue weighted by Crippen LogP contribution is -2.55. The first-order valence-corrected chi connectivity index (χ1v) is 13.5. The number of aliphatic hydroxyl groups is 1. The van der Waals surface area contributed by atoms with Crippen LogP contribution in [-0.2, 0) is 16.8 Å². The van der Waals surface area contributed by atoms with E-state index in [2.05, 4.69) is 55.0 Å². The number of piperazine rings is 1. The van der Waals surface area contributed by atoms with Crippen LogP contribution >= 0.6 is 0 Å². The lowest BCUT2D eigenvalue weighted by atomic mass is 9.88. The van der Waals surface area contributed by atoms with Gasteiger partial charge in [-0.15, -0.1) is 0 Å². The number of likely N-dealkylation sites (N-methyl/N-ethyl adjacent to an activating group) is 1. The van der Waals surface area contributed by atoms with E-state index in [1.807, 2.05) is 29.2 Å². The molecule has 2 saturated heterocycles. The van der Waals surface area contributed by atoms with Crippen LogP contribution in [0.4, 0.5) is 11.4 Å². The first kappa shape index (κ1) is 24.3. The van der Waals surface area contributed by atoms with Crippen LogP contribution in [0.2, 0.25) is 0 Å². The minimum atomic E-state index is -0.686. The lowest BCUT2D eigenvalue weighted by Gasteiger charge is -2.44. The Bertz CT molecular complexity index is 1020. The highest BCUT2D eigenvalue weighted by Gasteiger charge is 2.34. The van der Waals surface area contributed by atoms with Crippen LogP contribution in [0.5, 0.6) is 0 Å². The second-order valence-electron chi connectivity index (χ2n) is 11.2. The highest BCUT2D eigenvalue weighted by atomic mass is 16.3. The van der Waals surface area contributed by atoms with Gasteiger partial charge in [0.1, 0.15) is 0 Å². The molecule has 3 fully saturated rings. The van der Waals surface area contributed by atoms with E-state index >= 15 is 0 Å². The first-order valence-electron chi connectivity index (χ1n) is 13.5. The Kier molecular flexibility index (Phi) is 6.91. The number of anilines is 2. The molecule has 1 aliphatic carbocycles. The van der Waals surface area contributed by atoms with Gasteiger partial charge in [-0.3, -0.25) is 9.69 Å². The summed E-state index contributed by atoms with van der Waals surface area (Å²) in [5.41, 5.74) is 3.84. The van der Waals surface area contributed by atoms with Gasteiger partial charge in [-0.25, -0.2) is 0 Å². The van der Waals surface area contributed by atoms with Crippen molar-refractivity contribution < 1.29 is 9.90 Å². The summed E-state index contributed by atoms with van der Waals surface area (Å²) >= 11 is 0. The highest BCUT2D eigenvalue weighted by Crippen LogP contribution is 2.39. The van der Waals surface area contributed by atoms with Crippen molar-refractivity contribution in [2.45, 2.75) is 76.5 Å². The van der Waals surface area contributed by atoms with Crippen LogP contribution in [0.15, 0.2) is 48.5 Å². The van der Waals surface area contributed by atoms with E-state index in [1.54, 1.807) is 0 Å². The molecule has 1 N–H and O–H groups in total. The molecule has 3 aliphatic rings. The number of benzene rings is 2. The monoisotopic (exact) mass is 475 g/mol. The summed E-state index contributed by atoms with van der Waals surface area (Å²) < 4.78 is 0. The van der Waals surface area contributed by atoms with Crippen LogP contribution < -0.4 is 9.80 Å². The summed E-state index contributed by atoms with van der Waals surface area (Å²) in [4.78, 5) is 20.6. The maximum atomic E-state index is 13.6. The number of piperidine rings is 1. The van der Waals surface area contributed by atoms with E-state index in [0.29, 0.717) is 12.1 Å². The number of rotatable bonds is 5. The van der Waals surface area contributed by atoms with Crippen molar-refractivity contribution in [3.63, 3.8) is 0 Å². The molecule has 0 radical (unpaired) electrons. The molecule has 5 nitrogen and oxygen atoms in total. The summed E-state index contributed by atoms with van der Waals surface area (Å²) in [5.74, 6) is 0.240. The lowest BCUT2D eigenvalue weighted by molar-refractivity contribution is -0.123. The molecule has 1 amide bonds. The van der Waals surface area contributed by atoms with Crippen molar-refractivity contribution in [2.24, 2.45) is 5.92 Å². The number of carbonyl (C=O) groups is 1. The van der Waals surface area contributed by atoms with Gasteiger partial charge >= 0.3 is 0 Å². The number of hydrogen-bond donors (Lipinski definition) is 1. The molecule has 5 rings (SSSR count). The Balaban J connectivity index is 1.31. The van der Waals surface area contributed by atoms with E-state index in [9.17, 15) is 9.90 Å². The molecule has 3 unspecified atom stereocenters. The van der Waals surface area contributed by atoms with Gasteiger partial charge in [0.15, 0.2) is 0 Å². The maximum absolute atomic E-state index is 13.6. The Hall–Kier alpha value is -2.37. The molecule has 0 spiro atoms. The molecular weight excluding hydrogens is 434 g/mol. The fraction of sp³-hybridized carbons (Fsp3) is 0.567. The number of hydrogen-bond acceptors (Lipinski definition) is 4. The molecule has 0 aromatic heterocycles. The summed E-state index contributed by atoms with van der Waals surface area (Å²) in [7, 11) is 2.22. The van der Waals surface area contributed by atoms with E-state index < -0.39 is 5.60 Å². The third-order valence-electron chi connectivity index (χ3n) is 8.85. The average molecular weight is 476 g/mol. The Morgan fingerprint density at radius 3 is 2.29 bits per heavy atom. The summed E-state index contributed by atoms with van der Waals surface area (Å²) in [5, 5.41) is 10.9. The minimum Gasteiger partial charge on any atom is -0.385 e. The predicted molar refractivity (Wildman–Crippen MR) is 143 cm³/mol. The van der Waals surface area contributed by atoms with Crippen LogP contribution in [0, 0.1) is 5.92 Å². The highest BCUT2D eigenvalue weighted by molar-refractivity contribution is 5.96. The van der Waals surface area contributed by atoms with Gasteiger partial charge in [-0.2, -0.15) is 0 Å². The smallest absolute Gasteiger partial charge is 0.230 e. The van der Waals surface area contributed by atoms with Gasteiger partial charge in [0.2, 0.25) is 5.91 Å². The summed E-state index contributed by atoms with van der Waals surface area (Å²) in [6, 6.07) is 17.8. The quantitative estimate of drug-likeness (QED) is 0.664. The van der Waals surface area contributed by atoms with E-state index in [4.69, 9.17) is 0 Å². The Morgan fingerprint density at radius 2 is 1.60 bits per heavy atom. The minimum absolute atomic E-state index is 0.00547. The SMILES string of the molecule is CC1CN(c2ccccc2CC2CCCN(c3ccc(C4(O)CCCC4)cc3)C2=O)CC(C)N1C. The second-order valence-corrected chi connectivity index (χ2v) is 11.2. The molecule has 5 heteroatoms. The molecule has 2 aromatic rings. The van der Waals surface area contributed by atoms with Gasteiger partial charge < -0.3 is 14.9 Å². The fourth-order valence-electron chi connectivity index (χ4n) is 6.45. The van der Waals surface area contributed by atoms with Crippen molar-refractivity contribution in [2.75, 3.05) is 36.5 Å². The topological polar surface area (TPSA) is 47.0 Å². The van der Waals surface area contributed by atoms with E-state index in [0.717, 1.165) is 75.8 Å². The summed E-state index contributed by atoms with van der Waals surface area (Å²) in [6.07, 6.45) is 6.58. The van der Waals surface area contributed by atoms with E-state index in [1.165, 1.54) is 11.3 Å². The number of amides is 1. The molecule has 1 saturated carbocycles. The average Bonchev–Trinajstić information content (AvgIpc) is 3.31. The standard InChI is InChI=1S/C30H41N3O2/c1-22-20-32(21-23(2)31(22)3)28-11-5-4-9-24(28)19-25-10-8-18-33(29(25)34)27-14-12-26(13-15-27)30(35)16-6-7-17-30/h4-5,9,11-15,22-23,25,35H,6-8,10,16-21H2,1-3H3. The summed E-state index contributed by atoms with van der Waals surface area (Å²) in [6.45, 7) is 7.39. The third kappa shape index (κ3) is 4.85. The first-order chi connectivity index (χ1) is 16.9. The molecular formula is C30H41N3O2. The van der Waals surface area contributed by atoms with Crippen molar-refractivity contribution in [3.8, 4) is 0 Å². The Labute approximate surface area is 210 Å². The number of para-hydroxylation sites is 1. The van der Waals surface area contributed by atoms with E-state index in [-0.39, 0.29) is 11.8 Å². The van der Waals surface area contributed by atoms with Crippen molar-refractivity contribution in [3.05, 3.63) is 59.7 Å². The van der Waals surface area contributed by atoms with Gasteiger partial charge in [-0.05, 0) is 82.3 Å². The fourth-order valence-corrected chi connectivity index (χ4v) is 6.45. The Morgan fingerprint density at radius 1 is 0.943 bits per heavy atom. The molecule has 35 heavy (non-hydrogen) atoms. The maximum Gasteiger partial charge on any atom is 0.230 e. The molecule has 0 bridgehead atoms. The normalized spacial score (nSPS) is 27.4. The molecule has 3 atom stereocenters. The molecule has 188 valence electrons. The van der Waals surface area contributed by atoms with Crippen LogP contribution in [0.1, 0.15) is 63.5 Å². The zero-order valence-electron chi connectivity index (χ0n) is 21.6. The molecule has 2 heterocycles.